The molecule has 0 radical (unpaired) electrons. The van der Waals surface area contributed by atoms with Crippen LogP contribution in [0.25, 0.3) is 0 Å². The van der Waals surface area contributed by atoms with E-state index in [9.17, 15) is 14.4 Å². The molecule has 0 aliphatic carbocycles. The normalized spacial score (nSPS) is 22.6. The van der Waals surface area contributed by atoms with E-state index in [0.29, 0.717) is 31.3 Å². The van der Waals surface area contributed by atoms with E-state index in [0.717, 1.165) is 16.7 Å². The van der Waals surface area contributed by atoms with Crippen molar-refractivity contribution >= 4 is 29.5 Å². The van der Waals surface area contributed by atoms with Gasteiger partial charge in [-0.2, -0.15) is 0 Å². The van der Waals surface area contributed by atoms with Gasteiger partial charge in [0.1, 0.15) is 6.04 Å². The van der Waals surface area contributed by atoms with E-state index in [1.54, 1.807) is 15.9 Å². The Morgan fingerprint density at radius 1 is 0.900 bits per heavy atom. The van der Waals surface area contributed by atoms with Crippen LogP contribution in [0.15, 0.2) is 84.9 Å². The number of likely N-dealkylation sites (tertiary alicyclic amines) is 1. The van der Waals surface area contributed by atoms with Gasteiger partial charge in [-0.05, 0) is 22.8 Å². The average Bonchev–Trinajstić information content (AvgIpc) is 3.37. The van der Waals surface area contributed by atoms with E-state index in [1.807, 2.05) is 78.9 Å². The summed E-state index contributed by atoms with van der Waals surface area (Å²) in [7, 11) is 1.34. The van der Waals surface area contributed by atoms with Crippen molar-refractivity contribution in [1.29, 1.82) is 0 Å². The number of morpholine rings is 1. The summed E-state index contributed by atoms with van der Waals surface area (Å²) < 4.78 is 10.8. The first-order valence-electron chi connectivity index (χ1n) is 13.3. The van der Waals surface area contributed by atoms with Crippen LogP contribution in [0.2, 0.25) is 5.02 Å². The Hall–Kier alpha value is -3.88. The van der Waals surface area contributed by atoms with Gasteiger partial charge in [0.05, 0.1) is 32.3 Å². The van der Waals surface area contributed by atoms with Gasteiger partial charge >= 0.3 is 12.0 Å². The van der Waals surface area contributed by atoms with Crippen molar-refractivity contribution in [2.75, 3.05) is 33.4 Å². The molecule has 208 valence electrons. The molecule has 9 heteroatoms. The number of urea groups is 1. The first kappa shape index (κ1) is 27.7. The molecule has 2 fully saturated rings. The zero-order valence-electron chi connectivity index (χ0n) is 22.2. The number of rotatable bonds is 6. The number of methoxy groups -OCH3 is 1. The van der Waals surface area contributed by atoms with E-state index >= 15 is 0 Å². The molecule has 3 aromatic carbocycles. The minimum atomic E-state index is -0.991. The lowest BCUT2D eigenvalue weighted by molar-refractivity contribution is -0.146. The minimum Gasteiger partial charge on any atom is -0.469 e. The van der Waals surface area contributed by atoms with E-state index in [-0.39, 0.29) is 18.5 Å². The number of nitrogens with zero attached hydrogens (tertiary/aromatic N) is 2. The van der Waals surface area contributed by atoms with Crippen LogP contribution < -0.4 is 5.32 Å². The number of hydrogen-bond donors (Lipinski definition) is 1. The Bertz CT molecular complexity index is 1330. The molecule has 2 saturated heterocycles. The second kappa shape index (κ2) is 12.5. The number of hydrogen-bond acceptors (Lipinski definition) is 5. The van der Waals surface area contributed by atoms with Crippen molar-refractivity contribution in [3.8, 4) is 0 Å². The fourth-order valence-electron chi connectivity index (χ4n) is 5.78. The lowest BCUT2D eigenvalue weighted by atomic mass is 9.80. The van der Waals surface area contributed by atoms with Crippen molar-refractivity contribution in [3.05, 3.63) is 107 Å². The zero-order chi connectivity index (χ0) is 28.1. The molecule has 3 amide bonds. The maximum atomic E-state index is 14.3. The molecule has 40 heavy (non-hydrogen) atoms. The number of ether oxygens (including phenoxy) is 2. The first-order chi connectivity index (χ1) is 19.5. The molecule has 4 unspecified atom stereocenters. The Morgan fingerprint density at radius 2 is 1.50 bits per heavy atom. The monoisotopic (exact) mass is 561 g/mol. The van der Waals surface area contributed by atoms with Crippen molar-refractivity contribution in [1.82, 2.24) is 15.1 Å². The Balaban J connectivity index is 1.63. The largest absolute Gasteiger partial charge is 0.469 e. The number of amides is 3. The molecule has 3 aromatic rings. The van der Waals surface area contributed by atoms with Crippen LogP contribution in [0.1, 0.15) is 28.7 Å². The van der Waals surface area contributed by atoms with Gasteiger partial charge in [-0.15, -0.1) is 0 Å². The van der Waals surface area contributed by atoms with E-state index in [1.165, 1.54) is 7.11 Å². The van der Waals surface area contributed by atoms with E-state index in [4.69, 9.17) is 21.1 Å². The van der Waals surface area contributed by atoms with Crippen LogP contribution in [-0.2, 0) is 25.6 Å². The Kier molecular flexibility index (Phi) is 8.67. The van der Waals surface area contributed by atoms with Gasteiger partial charge in [-0.25, -0.2) is 4.79 Å². The third kappa shape index (κ3) is 5.55. The van der Waals surface area contributed by atoms with Gasteiger partial charge in [0.2, 0.25) is 5.91 Å². The fourth-order valence-corrected chi connectivity index (χ4v) is 5.98. The van der Waals surface area contributed by atoms with Gasteiger partial charge in [-0.1, -0.05) is 90.5 Å². The SMILES string of the molecule is COC(=O)C1C(c2ccccc2)C(C(=O)NCc2ccccc2Cl)N(C(=O)N2CCOCC2)C1c1ccccc1. The zero-order valence-corrected chi connectivity index (χ0v) is 23.0. The Morgan fingerprint density at radius 3 is 2.12 bits per heavy atom. The third-order valence-electron chi connectivity index (χ3n) is 7.65. The highest BCUT2D eigenvalue weighted by atomic mass is 35.5. The molecule has 0 spiro atoms. The maximum Gasteiger partial charge on any atom is 0.321 e. The minimum absolute atomic E-state index is 0.176. The second-order valence-electron chi connectivity index (χ2n) is 9.88. The van der Waals surface area contributed by atoms with Crippen molar-refractivity contribution in [2.24, 2.45) is 5.92 Å². The van der Waals surface area contributed by atoms with Gasteiger partial charge in [0, 0.05) is 30.6 Å². The van der Waals surface area contributed by atoms with Crippen LogP contribution in [-0.4, -0.2) is 67.2 Å². The number of nitrogens with one attached hydrogen (secondary N) is 1. The first-order valence-corrected chi connectivity index (χ1v) is 13.7. The highest BCUT2D eigenvalue weighted by Crippen LogP contribution is 2.51. The van der Waals surface area contributed by atoms with Crippen LogP contribution in [0.4, 0.5) is 4.79 Å². The summed E-state index contributed by atoms with van der Waals surface area (Å²) in [6.45, 7) is 1.77. The molecule has 1 N–H and O–H groups in total. The summed E-state index contributed by atoms with van der Waals surface area (Å²) in [5, 5.41) is 3.54. The van der Waals surface area contributed by atoms with Crippen LogP contribution in [0.3, 0.4) is 0 Å². The highest BCUT2D eigenvalue weighted by Gasteiger charge is 2.58. The number of carbonyl (C=O) groups is 3. The number of esters is 1. The molecule has 0 bridgehead atoms. The molecule has 5 rings (SSSR count). The molecule has 2 aliphatic heterocycles. The average molecular weight is 562 g/mol. The third-order valence-corrected chi connectivity index (χ3v) is 8.02. The molecule has 2 heterocycles. The predicted molar refractivity (Wildman–Crippen MR) is 151 cm³/mol. The summed E-state index contributed by atoms with van der Waals surface area (Å²) in [4.78, 5) is 45.4. The predicted octanol–water partition coefficient (Wildman–Crippen LogP) is 4.41. The molecule has 0 saturated carbocycles. The summed E-state index contributed by atoms with van der Waals surface area (Å²) >= 11 is 6.36. The highest BCUT2D eigenvalue weighted by molar-refractivity contribution is 6.31. The van der Waals surface area contributed by atoms with Gasteiger partial charge < -0.3 is 24.6 Å². The molecule has 0 aromatic heterocycles. The second-order valence-corrected chi connectivity index (χ2v) is 10.3. The standard InChI is InChI=1S/C31H32ClN3O5/c1-39-30(37)26-25(21-10-4-2-5-11-21)28(29(36)33-20-23-14-8-9-15-24(23)32)35(27(26)22-12-6-3-7-13-22)31(38)34-16-18-40-19-17-34/h2-15,25-28H,16-20H2,1H3,(H,33,36). The maximum absolute atomic E-state index is 14.3. The quantitative estimate of drug-likeness (QED) is 0.451. The molecule has 8 nitrogen and oxygen atoms in total. The van der Waals surface area contributed by atoms with E-state index < -0.39 is 29.9 Å². The smallest absolute Gasteiger partial charge is 0.321 e. The molecule has 2 aliphatic rings. The topological polar surface area (TPSA) is 88.2 Å². The summed E-state index contributed by atoms with van der Waals surface area (Å²) in [6.07, 6.45) is 0. The van der Waals surface area contributed by atoms with E-state index in [2.05, 4.69) is 5.32 Å². The van der Waals surface area contributed by atoms with Crippen LogP contribution >= 0.6 is 11.6 Å². The fraction of sp³-hybridized carbons (Fsp3) is 0.323. The molecular weight excluding hydrogens is 530 g/mol. The number of benzene rings is 3. The van der Waals surface area contributed by atoms with Crippen LogP contribution in [0, 0.1) is 5.92 Å². The van der Waals surface area contributed by atoms with Crippen molar-refractivity contribution in [3.63, 3.8) is 0 Å². The lowest BCUT2D eigenvalue weighted by Crippen LogP contribution is -2.54. The van der Waals surface area contributed by atoms with Crippen molar-refractivity contribution < 1.29 is 23.9 Å². The van der Waals surface area contributed by atoms with Gasteiger partial charge in [0.25, 0.3) is 0 Å². The summed E-state index contributed by atoms with van der Waals surface area (Å²) in [6, 6.07) is 24.0. The van der Waals surface area contributed by atoms with Gasteiger partial charge in [-0.3, -0.25) is 9.59 Å². The molecule has 4 atom stereocenters. The van der Waals surface area contributed by atoms with Gasteiger partial charge in [0.15, 0.2) is 0 Å². The molecular formula is C31H32ClN3O5. The number of halogens is 1. The number of carbonyl (C=O) groups excluding carboxylic acids is 3. The Labute approximate surface area is 238 Å². The summed E-state index contributed by atoms with van der Waals surface area (Å²) in [5.74, 6) is -2.34. The van der Waals surface area contributed by atoms with Crippen molar-refractivity contribution in [2.45, 2.75) is 24.5 Å². The lowest BCUT2D eigenvalue weighted by Gasteiger charge is -2.37. The van der Waals surface area contributed by atoms with Crippen LogP contribution in [0.5, 0.6) is 0 Å². The summed E-state index contributed by atoms with van der Waals surface area (Å²) in [5.41, 5.74) is 2.28.